The molecule has 0 unspecified atom stereocenters. The van der Waals surface area contributed by atoms with Gasteiger partial charge in [-0.3, -0.25) is 9.69 Å². The fourth-order valence-corrected chi connectivity index (χ4v) is 2.34. The third kappa shape index (κ3) is 3.23. The molecule has 98 valence electrons. The first kappa shape index (κ1) is 12.9. The number of rotatable bonds is 5. The first-order valence-electron chi connectivity index (χ1n) is 6.25. The van der Waals surface area contributed by atoms with Crippen LogP contribution in [-0.4, -0.2) is 43.2 Å². The maximum absolute atomic E-state index is 10.5. The standard InChI is InChI=1S/C14H20N2O2/c1-15(2)13-5-3-11(4-6-13)8-16-9-12(10-16)7-14(17)18/h3-6,12H,7-10H2,1-2H3,(H,17,18). The van der Waals surface area contributed by atoms with Crippen LogP contribution in [0.15, 0.2) is 24.3 Å². The first-order chi connectivity index (χ1) is 8.54. The van der Waals surface area contributed by atoms with Crippen LogP contribution in [0, 0.1) is 5.92 Å². The summed E-state index contributed by atoms with van der Waals surface area (Å²) < 4.78 is 0. The highest BCUT2D eigenvalue weighted by Gasteiger charge is 2.28. The van der Waals surface area contributed by atoms with Crippen LogP contribution in [-0.2, 0) is 11.3 Å². The van der Waals surface area contributed by atoms with E-state index in [-0.39, 0.29) is 0 Å². The molecule has 2 rings (SSSR count). The highest BCUT2D eigenvalue weighted by molar-refractivity contribution is 5.67. The molecule has 1 aromatic rings. The third-order valence-electron chi connectivity index (χ3n) is 3.36. The van der Waals surface area contributed by atoms with Crippen molar-refractivity contribution in [2.24, 2.45) is 5.92 Å². The highest BCUT2D eigenvalue weighted by atomic mass is 16.4. The molecule has 1 fully saturated rings. The summed E-state index contributed by atoms with van der Waals surface area (Å²) in [7, 11) is 4.06. The van der Waals surface area contributed by atoms with Crippen LogP contribution in [0.25, 0.3) is 0 Å². The maximum Gasteiger partial charge on any atom is 0.303 e. The average Bonchev–Trinajstić information content (AvgIpc) is 2.26. The molecule has 1 aliphatic heterocycles. The largest absolute Gasteiger partial charge is 0.481 e. The van der Waals surface area contributed by atoms with Crippen LogP contribution in [0.2, 0.25) is 0 Å². The van der Waals surface area contributed by atoms with E-state index in [9.17, 15) is 4.79 Å². The predicted octanol–water partition coefficient (Wildman–Crippen LogP) is 1.66. The molecule has 0 atom stereocenters. The second-order valence-corrected chi connectivity index (χ2v) is 5.22. The molecule has 4 heteroatoms. The summed E-state index contributed by atoms with van der Waals surface area (Å²) in [5, 5.41) is 8.68. The van der Waals surface area contributed by atoms with E-state index in [0.717, 1.165) is 19.6 Å². The number of likely N-dealkylation sites (tertiary alicyclic amines) is 1. The zero-order chi connectivity index (χ0) is 13.1. The number of nitrogens with zero attached hydrogens (tertiary/aromatic N) is 2. The minimum absolute atomic E-state index is 0.302. The van der Waals surface area contributed by atoms with Gasteiger partial charge in [-0.15, -0.1) is 0 Å². The zero-order valence-electron chi connectivity index (χ0n) is 11.0. The van der Waals surface area contributed by atoms with Gasteiger partial charge in [-0.2, -0.15) is 0 Å². The Morgan fingerprint density at radius 1 is 1.33 bits per heavy atom. The highest BCUT2D eigenvalue weighted by Crippen LogP contribution is 2.22. The van der Waals surface area contributed by atoms with Crippen LogP contribution >= 0.6 is 0 Å². The van der Waals surface area contributed by atoms with Crippen LogP contribution in [0.3, 0.4) is 0 Å². The molecule has 0 aliphatic carbocycles. The Morgan fingerprint density at radius 3 is 2.44 bits per heavy atom. The van der Waals surface area contributed by atoms with Crippen LogP contribution in [0.1, 0.15) is 12.0 Å². The Morgan fingerprint density at radius 2 is 1.94 bits per heavy atom. The van der Waals surface area contributed by atoms with Gasteiger partial charge in [0.25, 0.3) is 0 Å². The van der Waals surface area contributed by atoms with E-state index in [2.05, 4.69) is 34.1 Å². The fourth-order valence-electron chi connectivity index (χ4n) is 2.34. The van der Waals surface area contributed by atoms with Crippen molar-refractivity contribution in [2.75, 3.05) is 32.1 Å². The van der Waals surface area contributed by atoms with Crippen molar-refractivity contribution in [2.45, 2.75) is 13.0 Å². The molecule has 0 radical (unpaired) electrons. The molecule has 0 bridgehead atoms. The second kappa shape index (κ2) is 5.40. The van der Waals surface area contributed by atoms with E-state index < -0.39 is 5.97 Å². The molecule has 0 amide bonds. The molecule has 1 aromatic carbocycles. The van der Waals surface area contributed by atoms with Crippen LogP contribution < -0.4 is 4.90 Å². The lowest BCUT2D eigenvalue weighted by Gasteiger charge is -2.38. The summed E-state index contributed by atoms with van der Waals surface area (Å²) in [6.07, 6.45) is 0.302. The summed E-state index contributed by atoms with van der Waals surface area (Å²) in [6, 6.07) is 8.51. The summed E-state index contributed by atoms with van der Waals surface area (Å²) >= 11 is 0. The van der Waals surface area contributed by atoms with Gasteiger partial charge in [0.15, 0.2) is 0 Å². The van der Waals surface area contributed by atoms with E-state index in [0.29, 0.717) is 12.3 Å². The fraction of sp³-hybridized carbons (Fsp3) is 0.500. The van der Waals surface area contributed by atoms with E-state index in [1.54, 1.807) is 0 Å². The second-order valence-electron chi connectivity index (χ2n) is 5.22. The molecule has 1 heterocycles. The molecule has 1 N–H and O–H groups in total. The Hall–Kier alpha value is -1.55. The molecule has 1 saturated heterocycles. The van der Waals surface area contributed by atoms with Crippen LogP contribution in [0.4, 0.5) is 5.69 Å². The molecular formula is C14H20N2O2. The summed E-state index contributed by atoms with van der Waals surface area (Å²) in [6.45, 7) is 2.73. The third-order valence-corrected chi connectivity index (χ3v) is 3.36. The normalized spacial score (nSPS) is 16.3. The van der Waals surface area contributed by atoms with Crippen molar-refractivity contribution >= 4 is 11.7 Å². The number of anilines is 1. The topological polar surface area (TPSA) is 43.8 Å². The van der Waals surface area contributed by atoms with E-state index in [4.69, 9.17) is 5.11 Å². The minimum atomic E-state index is -0.685. The number of carboxylic acid groups (broad SMARTS) is 1. The number of benzene rings is 1. The summed E-state index contributed by atoms with van der Waals surface area (Å²) in [4.78, 5) is 14.9. The molecule has 0 saturated carbocycles. The van der Waals surface area contributed by atoms with Gasteiger partial charge < -0.3 is 10.0 Å². The quantitative estimate of drug-likeness (QED) is 0.860. The van der Waals surface area contributed by atoms with Gasteiger partial charge in [0.1, 0.15) is 0 Å². The SMILES string of the molecule is CN(C)c1ccc(CN2CC(CC(=O)O)C2)cc1. The smallest absolute Gasteiger partial charge is 0.303 e. The maximum atomic E-state index is 10.5. The van der Waals surface area contributed by atoms with Gasteiger partial charge in [0, 0.05) is 39.4 Å². The van der Waals surface area contributed by atoms with Crippen molar-refractivity contribution < 1.29 is 9.90 Å². The average molecular weight is 248 g/mol. The van der Waals surface area contributed by atoms with Crippen molar-refractivity contribution in [1.29, 1.82) is 0 Å². The monoisotopic (exact) mass is 248 g/mol. The molecule has 4 nitrogen and oxygen atoms in total. The number of hydrogen-bond donors (Lipinski definition) is 1. The number of hydrogen-bond acceptors (Lipinski definition) is 3. The lowest BCUT2D eigenvalue weighted by atomic mass is 9.96. The summed E-state index contributed by atoms with van der Waals surface area (Å²) in [5.74, 6) is -0.349. The zero-order valence-corrected chi connectivity index (χ0v) is 11.0. The Bertz CT molecular complexity index is 408. The van der Waals surface area contributed by atoms with Crippen molar-refractivity contribution in [3.8, 4) is 0 Å². The summed E-state index contributed by atoms with van der Waals surface area (Å²) in [5.41, 5.74) is 2.49. The first-order valence-corrected chi connectivity index (χ1v) is 6.25. The number of aliphatic carboxylic acids is 1. The number of carboxylic acids is 1. The number of carbonyl (C=O) groups is 1. The Balaban J connectivity index is 1.80. The molecule has 0 aromatic heterocycles. The van der Waals surface area contributed by atoms with Crippen LogP contribution in [0.5, 0.6) is 0 Å². The lowest BCUT2D eigenvalue weighted by molar-refractivity contribution is -0.139. The molecular weight excluding hydrogens is 228 g/mol. The lowest BCUT2D eigenvalue weighted by Crippen LogP contribution is -2.46. The molecule has 18 heavy (non-hydrogen) atoms. The van der Waals surface area contributed by atoms with Crippen molar-refractivity contribution in [1.82, 2.24) is 4.90 Å². The Labute approximate surface area is 108 Å². The van der Waals surface area contributed by atoms with E-state index in [1.165, 1.54) is 11.3 Å². The van der Waals surface area contributed by atoms with Crippen molar-refractivity contribution in [3.05, 3.63) is 29.8 Å². The van der Waals surface area contributed by atoms with E-state index >= 15 is 0 Å². The predicted molar refractivity (Wildman–Crippen MR) is 71.8 cm³/mol. The van der Waals surface area contributed by atoms with Gasteiger partial charge in [0.05, 0.1) is 6.42 Å². The minimum Gasteiger partial charge on any atom is -0.481 e. The van der Waals surface area contributed by atoms with Gasteiger partial charge >= 0.3 is 5.97 Å². The van der Waals surface area contributed by atoms with Gasteiger partial charge in [-0.25, -0.2) is 0 Å². The molecule has 1 aliphatic rings. The van der Waals surface area contributed by atoms with Gasteiger partial charge in [-0.05, 0) is 23.6 Å². The van der Waals surface area contributed by atoms with Gasteiger partial charge in [0.2, 0.25) is 0 Å². The van der Waals surface area contributed by atoms with E-state index in [1.807, 2.05) is 14.1 Å². The Kier molecular flexibility index (Phi) is 3.87. The molecule has 0 spiro atoms. The van der Waals surface area contributed by atoms with Gasteiger partial charge in [-0.1, -0.05) is 12.1 Å². The van der Waals surface area contributed by atoms with Crippen molar-refractivity contribution in [3.63, 3.8) is 0 Å².